The van der Waals surface area contributed by atoms with Crippen molar-refractivity contribution in [1.29, 1.82) is 5.26 Å². The van der Waals surface area contributed by atoms with Gasteiger partial charge in [-0.25, -0.2) is 4.98 Å². The zero-order chi connectivity index (χ0) is 15.9. The van der Waals surface area contributed by atoms with Crippen LogP contribution in [0.25, 0.3) is 0 Å². The molecule has 0 aliphatic heterocycles. The number of hydrogen-bond donors (Lipinski definition) is 2. The molecule has 2 N–H and O–H groups in total. The Balaban J connectivity index is 1.88. The second-order valence-electron chi connectivity index (χ2n) is 4.32. The average molecular weight is 380 g/mol. The number of anilines is 1. The first-order valence-electron chi connectivity index (χ1n) is 6.44. The second-order valence-corrected chi connectivity index (χ2v) is 5.64. The predicted octanol–water partition coefficient (Wildman–Crippen LogP) is 3.21. The normalized spacial score (nSPS) is 9.86. The summed E-state index contributed by atoms with van der Waals surface area (Å²) >= 11 is 9.30. The van der Waals surface area contributed by atoms with E-state index in [9.17, 15) is 4.79 Å². The molecule has 1 aromatic heterocycles. The van der Waals surface area contributed by atoms with Crippen LogP contribution in [0.5, 0.6) is 0 Å². The van der Waals surface area contributed by atoms with Gasteiger partial charge in [-0.3, -0.25) is 4.79 Å². The Morgan fingerprint density at radius 2 is 2.18 bits per heavy atom. The van der Waals surface area contributed by atoms with Crippen molar-refractivity contribution in [3.63, 3.8) is 0 Å². The number of nitriles is 1. The molecule has 112 valence electrons. The van der Waals surface area contributed by atoms with Gasteiger partial charge >= 0.3 is 0 Å². The third-order valence-corrected chi connectivity index (χ3v) is 3.63. The number of hydrogen-bond acceptors (Lipinski definition) is 4. The number of nitrogens with zero attached hydrogens (tertiary/aromatic N) is 2. The number of amides is 1. The molecule has 2 aromatic rings. The molecule has 0 aliphatic carbocycles. The lowest BCUT2D eigenvalue weighted by molar-refractivity contribution is 0.0955. The van der Waals surface area contributed by atoms with Gasteiger partial charge in [-0.05, 0) is 30.3 Å². The average Bonchev–Trinajstić information content (AvgIpc) is 2.54. The Kier molecular flexibility index (Phi) is 5.75. The van der Waals surface area contributed by atoms with Crippen molar-refractivity contribution in [2.75, 3.05) is 18.4 Å². The first-order chi connectivity index (χ1) is 10.6. The number of benzene rings is 1. The monoisotopic (exact) mass is 378 g/mol. The van der Waals surface area contributed by atoms with Crippen LogP contribution in [-0.4, -0.2) is 24.0 Å². The SMILES string of the molecule is N#Cc1cccnc1NCCNC(=O)c1cc(Br)ccc1Cl. The molecule has 7 heteroatoms. The first-order valence-corrected chi connectivity index (χ1v) is 7.61. The van der Waals surface area contributed by atoms with E-state index in [1.165, 1.54) is 0 Å². The molecule has 0 saturated heterocycles. The fourth-order valence-corrected chi connectivity index (χ4v) is 2.32. The number of rotatable bonds is 5. The Labute approximate surface area is 141 Å². The summed E-state index contributed by atoms with van der Waals surface area (Å²) in [6.45, 7) is 0.826. The molecule has 1 amide bonds. The van der Waals surface area contributed by atoms with Crippen LogP contribution >= 0.6 is 27.5 Å². The fourth-order valence-electron chi connectivity index (χ4n) is 1.76. The Hall–Kier alpha value is -2.10. The minimum Gasteiger partial charge on any atom is -0.367 e. The number of nitrogens with one attached hydrogen (secondary N) is 2. The number of pyridine rings is 1. The van der Waals surface area contributed by atoms with E-state index in [4.69, 9.17) is 16.9 Å². The first kappa shape index (κ1) is 16.3. The predicted molar refractivity (Wildman–Crippen MR) is 88.9 cm³/mol. The maximum atomic E-state index is 12.0. The van der Waals surface area contributed by atoms with Gasteiger partial charge in [0.1, 0.15) is 11.9 Å². The third-order valence-electron chi connectivity index (χ3n) is 2.80. The van der Waals surface area contributed by atoms with Gasteiger partial charge in [-0.1, -0.05) is 27.5 Å². The van der Waals surface area contributed by atoms with Gasteiger partial charge in [0.25, 0.3) is 5.91 Å². The highest BCUT2D eigenvalue weighted by molar-refractivity contribution is 9.10. The van der Waals surface area contributed by atoms with E-state index < -0.39 is 0 Å². The van der Waals surface area contributed by atoms with Crippen LogP contribution in [0, 0.1) is 11.3 Å². The van der Waals surface area contributed by atoms with E-state index in [0.717, 1.165) is 4.47 Å². The van der Waals surface area contributed by atoms with Crippen molar-refractivity contribution >= 4 is 39.3 Å². The lowest BCUT2D eigenvalue weighted by Crippen LogP contribution is -2.29. The lowest BCUT2D eigenvalue weighted by atomic mass is 10.2. The van der Waals surface area contributed by atoms with Gasteiger partial charge in [-0.2, -0.15) is 5.26 Å². The van der Waals surface area contributed by atoms with Gasteiger partial charge in [0.2, 0.25) is 0 Å². The summed E-state index contributed by atoms with van der Waals surface area (Å²) in [5, 5.41) is 15.1. The maximum Gasteiger partial charge on any atom is 0.252 e. The summed E-state index contributed by atoms with van der Waals surface area (Å²) in [6, 6.07) is 10.5. The fraction of sp³-hybridized carbons (Fsp3) is 0.133. The Morgan fingerprint density at radius 1 is 1.36 bits per heavy atom. The molecule has 2 rings (SSSR count). The van der Waals surface area contributed by atoms with E-state index in [2.05, 4.69) is 31.5 Å². The van der Waals surface area contributed by atoms with Crippen LogP contribution in [0.4, 0.5) is 5.82 Å². The van der Waals surface area contributed by atoms with Crippen LogP contribution in [0.2, 0.25) is 5.02 Å². The lowest BCUT2D eigenvalue weighted by Gasteiger charge is -2.09. The molecular weight excluding hydrogens is 368 g/mol. The zero-order valence-electron chi connectivity index (χ0n) is 11.4. The minimum atomic E-state index is -0.255. The molecule has 0 unspecified atom stereocenters. The Morgan fingerprint density at radius 3 is 2.95 bits per heavy atom. The summed E-state index contributed by atoms with van der Waals surface area (Å²) in [5.74, 6) is 0.245. The van der Waals surface area contributed by atoms with Crippen LogP contribution in [0.15, 0.2) is 41.0 Å². The largest absolute Gasteiger partial charge is 0.367 e. The van der Waals surface area contributed by atoms with Gasteiger partial charge in [0.05, 0.1) is 16.1 Å². The van der Waals surface area contributed by atoms with Gasteiger partial charge in [0.15, 0.2) is 0 Å². The van der Waals surface area contributed by atoms with Crippen molar-refractivity contribution in [2.24, 2.45) is 0 Å². The second kappa shape index (κ2) is 7.78. The molecule has 5 nitrogen and oxygen atoms in total. The highest BCUT2D eigenvalue weighted by atomic mass is 79.9. The Bertz CT molecular complexity index is 730. The minimum absolute atomic E-state index is 0.255. The number of aromatic nitrogens is 1. The topological polar surface area (TPSA) is 77.8 Å². The quantitative estimate of drug-likeness (QED) is 0.782. The molecule has 0 radical (unpaired) electrons. The summed E-state index contributed by atoms with van der Waals surface area (Å²) < 4.78 is 0.785. The molecule has 0 aliphatic rings. The van der Waals surface area contributed by atoms with E-state index in [-0.39, 0.29) is 5.91 Å². The van der Waals surface area contributed by atoms with Crippen LogP contribution in [-0.2, 0) is 0 Å². The van der Waals surface area contributed by atoms with E-state index in [1.54, 1.807) is 36.5 Å². The molecular formula is C15H12BrClN4O. The summed E-state index contributed by atoms with van der Waals surface area (Å²) in [6.07, 6.45) is 1.60. The molecule has 1 heterocycles. The van der Waals surface area contributed by atoms with Crippen LogP contribution in [0.3, 0.4) is 0 Å². The van der Waals surface area contributed by atoms with E-state index in [0.29, 0.717) is 35.1 Å². The molecule has 0 fully saturated rings. The van der Waals surface area contributed by atoms with Crippen LogP contribution in [0.1, 0.15) is 15.9 Å². The van der Waals surface area contributed by atoms with Crippen molar-refractivity contribution in [3.8, 4) is 6.07 Å². The summed E-state index contributed by atoms with van der Waals surface area (Å²) in [7, 11) is 0. The smallest absolute Gasteiger partial charge is 0.252 e. The van der Waals surface area contributed by atoms with E-state index in [1.807, 2.05) is 6.07 Å². The highest BCUT2D eigenvalue weighted by Crippen LogP contribution is 2.20. The number of carbonyl (C=O) groups excluding carboxylic acids is 1. The standard InChI is InChI=1S/C15H12BrClN4O/c16-11-3-4-13(17)12(8-11)15(22)21-7-6-20-14-10(9-18)2-1-5-19-14/h1-5,8H,6-7H2,(H,19,20)(H,21,22). The molecule has 0 saturated carbocycles. The van der Waals surface area contributed by atoms with Crippen LogP contribution < -0.4 is 10.6 Å². The third kappa shape index (κ3) is 4.20. The van der Waals surface area contributed by atoms with Crippen molar-refractivity contribution < 1.29 is 4.79 Å². The molecule has 22 heavy (non-hydrogen) atoms. The molecule has 1 aromatic carbocycles. The van der Waals surface area contributed by atoms with Crippen molar-refractivity contribution in [3.05, 3.63) is 57.2 Å². The van der Waals surface area contributed by atoms with Crippen molar-refractivity contribution in [1.82, 2.24) is 10.3 Å². The zero-order valence-corrected chi connectivity index (χ0v) is 13.8. The maximum absolute atomic E-state index is 12.0. The molecule has 0 atom stereocenters. The van der Waals surface area contributed by atoms with Crippen molar-refractivity contribution in [2.45, 2.75) is 0 Å². The van der Waals surface area contributed by atoms with Gasteiger partial charge < -0.3 is 10.6 Å². The highest BCUT2D eigenvalue weighted by Gasteiger charge is 2.10. The molecule has 0 bridgehead atoms. The number of halogens is 2. The van der Waals surface area contributed by atoms with Gasteiger partial charge in [-0.15, -0.1) is 0 Å². The van der Waals surface area contributed by atoms with E-state index >= 15 is 0 Å². The number of carbonyl (C=O) groups is 1. The summed E-state index contributed by atoms with van der Waals surface area (Å²) in [5.41, 5.74) is 0.871. The summed E-state index contributed by atoms with van der Waals surface area (Å²) in [4.78, 5) is 16.1. The molecule has 0 spiro atoms. The van der Waals surface area contributed by atoms with Gasteiger partial charge in [0, 0.05) is 23.8 Å².